The van der Waals surface area contributed by atoms with Crippen molar-refractivity contribution >= 4 is 17.2 Å². The molecule has 0 aromatic carbocycles. The molecule has 3 nitrogen and oxygen atoms in total. The quantitative estimate of drug-likeness (QED) is 0.877. The minimum Gasteiger partial charge on any atom is -0.353 e. The van der Waals surface area contributed by atoms with Crippen LogP contribution in [-0.4, -0.2) is 18.5 Å². The van der Waals surface area contributed by atoms with Gasteiger partial charge in [0, 0.05) is 28.1 Å². The Labute approximate surface area is 125 Å². The minimum absolute atomic E-state index is 0.126. The number of carbonyl (C=O) groups is 1. The number of carbonyl (C=O) groups excluding carboxylic acids is 1. The van der Waals surface area contributed by atoms with Crippen molar-refractivity contribution in [2.45, 2.75) is 52.0 Å². The molecule has 3 N–H and O–H groups in total. The average Bonchev–Trinajstić information content (AvgIpc) is 2.83. The summed E-state index contributed by atoms with van der Waals surface area (Å²) in [7, 11) is 0. The maximum absolute atomic E-state index is 12.4. The molecule has 1 aliphatic rings. The molecule has 20 heavy (non-hydrogen) atoms. The fraction of sp³-hybridized carbons (Fsp3) is 0.688. The van der Waals surface area contributed by atoms with Crippen molar-refractivity contribution in [3.05, 3.63) is 21.9 Å². The summed E-state index contributed by atoms with van der Waals surface area (Å²) in [5.41, 5.74) is 5.81. The molecule has 0 bridgehead atoms. The largest absolute Gasteiger partial charge is 0.353 e. The molecule has 1 amide bonds. The van der Waals surface area contributed by atoms with E-state index in [9.17, 15) is 4.79 Å². The van der Waals surface area contributed by atoms with Crippen molar-refractivity contribution in [2.75, 3.05) is 6.54 Å². The monoisotopic (exact) mass is 294 g/mol. The SMILES string of the molecule is Cc1ccc(CC(C)NC(=O)C2CCCCC2CN)s1. The smallest absolute Gasteiger partial charge is 0.223 e. The third-order valence-electron chi connectivity index (χ3n) is 4.24. The maximum atomic E-state index is 12.4. The van der Waals surface area contributed by atoms with Gasteiger partial charge in [-0.05, 0) is 51.3 Å². The molecule has 1 fully saturated rings. The first-order valence-electron chi connectivity index (χ1n) is 7.66. The zero-order chi connectivity index (χ0) is 14.5. The molecule has 0 radical (unpaired) electrons. The molecule has 1 aliphatic carbocycles. The molecule has 3 unspecified atom stereocenters. The van der Waals surface area contributed by atoms with Crippen LogP contribution in [0.2, 0.25) is 0 Å². The Morgan fingerprint density at radius 1 is 1.45 bits per heavy atom. The second-order valence-corrected chi connectivity index (χ2v) is 7.39. The van der Waals surface area contributed by atoms with Gasteiger partial charge in [0.25, 0.3) is 0 Å². The van der Waals surface area contributed by atoms with Gasteiger partial charge in [-0.15, -0.1) is 11.3 Å². The number of rotatable bonds is 5. The topological polar surface area (TPSA) is 55.1 Å². The fourth-order valence-electron chi connectivity index (χ4n) is 3.13. The van der Waals surface area contributed by atoms with E-state index in [0.717, 1.165) is 25.7 Å². The van der Waals surface area contributed by atoms with E-state index in [-0.39, 0.29) is 17.9 Å². The van der Waals surface area contributed by atoms with Crippen molar-refractivity contribution in [2.24, 2.45) is 17.6 Å². The van der Waals surface area contributed by atoms with E-state index in [4.69, 9.17) is 5.73 Å². The molecule has 1 aromatic rings. The molecule has 112 valence electrons. The fourth-order valence-corrected chi connectivity index (χ4v) is 4.15. The van der Waals surface area contributed by atoms with E-state index in [1.54, 1.807) is 0 Å². The van der Waals surface area contributed by atoms with E-state index in [1.165, 1.54) is 16.2 Å². The van der Waals surface area contributed by atoms with Crippen molar-refractivity contribution in [1.82, 2.24) is 5.32 Å². The summed E-state index contributed by atoms with van der Waals surface area (Å²) in [5.74, 6) is 0.710. The Morgan fingerprint density at radius 2 is 2.20 bits per heavy atom. The van der Waals surface area contributed by atoms with Gasteiger partial charge >= 0.3 is 0 Å². The van der Waals surface area contributed by atoms with Crippen LogP contribution in [0.25, 0.3) is 0 Å². The maximum Gasteiger partial charge on any atom is 0.223 e. The molecule has 1 aromatic heterocycles. The van der Waals surface area contributed by atoms with Gasteiger partial charge in [-0.3, -0.25) is 4.79 Å². The second kappa shape index (κ2) is 7.23. The van der Waals surface area contributed by atoms with Crippen LogP contribution < -0.4 is 11.1 Å². The number of nitrogens with two attached hydrogens (primary N) is 1. The van der Waals surface area contributed by atoms with Crippen LogP contribution >= 0.6 is 11.3 Å². The molecular formula is C16H26N2OS. The highest BCUT2D eigenvalue weighted by Gasteiger charge is 2.30. The van der Waals surface area contributed by atoms with Crippen molar-refractivity contribution in [1.29, 1.82) is 0 Å². The lowest BCUT2D eigenvalue weighted by Crippen LogP contribution is -2.43. The lowest BCUT2D eigenvalue weighted by atomic mass is 9.78. The Balaban J connectivity index is 1.86. The zero-order valence-electron chi connectivity index (χ0n) is 12.5. The van der Waals surface area contributed by atoms with Gasteiger partial charge in [0.05, 0.1) is 0 Å². The van der Waals surface area contributed by atoms with Gasteiger partial charge in [0.15, 0.2) is 0 Å². The number of amides is 1. The van der Waals surface area contributed by atoms with Crippen LogP contribution in [0.1, 0.15) is 42.4 Å². The highest BCUT2D eigenvalue weighted by Crippen LogP contribution is 2.29. The van der Waals surface area contributed by atoms with Crippen LogP contribution in [0.3, 0.4) is 0 Å². The Hall–Kier alpha value is -0.870. The number of thiophene rings is 1. The summed E-state index contributed by atoms with van der Waals surface area (Å²) in [4.78, 5) is 15.1. The summed E-state index contributed by atoms with van der Waals surface area (Å²) in [5, 5.41) is 3.18. The predicted octanol–water partition coefficient (Wildman–Crippen LogP) is 2.87. The lowest BCUT2D eigenvalue weighted by molar-refractivity contribution is -0.128. The normalized spacial score (nSPS) is 24.4. The van der Waals surface area contributed by atoms with Gasteiger partial charge in [0.1, 0.15) is 0 Å². The van der Waals surface area contributed by atoms with Gasteiger partial charge in [-0.1, -0.05) is 12.8 Å². The summed E-state index contributed by atoms with van der Waals surface area (Å²) in [6.07, 6.45) is 5.40. The molecule has 0 saturated heterocycles. The van der Waals surface area contributed by atoms with Crippen LogP contribution in [0.5, 0.6) is 0 Å². The third-order valence-corrected chi connectivity index (χ3v) is 5.26. The van der Waals surface area contributed by atoms with Crippen molar-refractivity contribution in [3.63, 3.8) is 0 Å². The van der Waals surface area contributed by atoms with Crippen LogP contribution in [0.15, 0.2) is 12.1 Å². The highest BCUT2D eigenvalue weighted by atomic mass is 32.1. The van der Waals surface area contributed by atoms with E-state index in [2.05, 4.69) is 31.3 Å². The summed E-state index contributed by atoms with van der Waals surface area (Å²) in [6.45, 7) is 4.84. The van der Waals surface area contributed by atoms with Crippen molar-refractivity contribution in [3.8, 4) is 0 Å². The van der Waals surface area contributed by atoms with Gasteiger partial charge in [-0.25, -0.2) is 0 Å². The number of aryl methyl sites for hydroxylation is 1. The molecule has 2 rings (SSSR count). The van der Waals surface area contributed by atoms with Crippen LogP contribution in [-0.2, 0) is 11.2 Å². The second-order valence-electron chi connectivity index (χ2n) is 6.01. The molecule has 1 saturated carbocycles. The minimum atomic E-state index is 0.126. The Morgan fingerprint density at radius 3 is 2.85 bits per heavy atom. The van der Waals surface area contributed by atoms with Gasteiger partial charge in [-0.2, -0.15) is 0 Å². The van der Waals surface area contributed by atoms with Crippen LogP contribution in [0.4, 0.5) is 0 Å². The molecule has 0 aliphatic heterocycles. The van der Waals surface area contributed by atoms with Crippen molar-refractivity contribution < 1.29 is 4.79 Å². The Kier molecular flexibility index (Phi) is 5.61. The summed E-state index contributed by atoms with van der Waals surface area (Å²) < 4.78 is 0. The zero-order valence-corrected chi connectivity index (χ0v) is 13.3. The lowest BCUT2D eigenvalue weighted by Gasteiger charge is -2.30. The van der Waals surface area contributed by atoms with E-state index in [0.29, 0.717) is 12.5 Å². The predicted molar refractivity (Wildman–Crippen MR) is 84.9 cm³/mol. The first-order chi connectivity index (χ1) is 9.60. The molecule has 0 spiro atoms. The number of hydrogen-bond acceptors (Lipinski definition) is 3. The number of hydrogen-bond donors (Lipinski definition) is 2. The first kappa shape index (κ1) is 15.5. The summed E-state index contributed by atoms with van der Waals surface area (Å²) >= 11 is 1.81. The summed E-state index contributed by atoms with van der Waals surface area (Å²) in [6, 6.07) is 4.49. The molecule has 1 heterocycles. The third kappa shape index (κ3) is 4.06. The molecular weight excluding hydrogens is 268 g/mol. The van der Waals surface area contributed by atoms with E-state index in [1.807, 2.05) is 11.3 Å². The number of nitrogens with one attached hydrogen (secondary N) is 1. The Bertz CT molecular complexity index is 443. The van der Waals surface area contributed by atoms with Crippen LogP contribution in [0, 0.1) is 18.8 Å². The highest BCUT2D eigenvalue weighted by molar-refractivity contribution is 7.11. The average molecular weight is 294 g/mol. The van der Waals surface area contributed by atoms with Gasteiger partial charge in [0.2, 0.25) is 5.91 Å². The van der Waals surface area contributed by atoms with Gasteiger partial charge < -0.3 is 11.1 Å². The standard InChI is InChI=1S/C16H26N2OS/c1-11(9-14-8-7-12(2)20-14)18-16(19)15-6-4-3-5-13(15)10-17/h7-8,11,13,15H,3-6,9-10,17H2,1-2H3,(H,18,19). The van der Waals surface area contributed by atoms with E-state index < -0.39 is 0 Å². The first-order valence-corrected chi connectivity index (χ1v) is 8.47. The molecule has 4 heteroatoms. The van der Waals surface area contributed by atoms with E-state index >= 15 is 0 Å². The molecule has 3 atom stereocenters.